The number of fused-ring (bicyclic) bond motifs is 1. The Morgan fingerprint density at radius 2 is 1.79 bits per heavy atom. The van der Waals surface area contributed by atoms with Crippen molar-refractivity contribution in [2.24, 2.45) is 0 Å². The molecule has 152 valence electrons. The van der Waals surface area contributed by atoms with E-state index in [1.807, 2.05) is 41.3 Å². The molecule has 0 N–H and O–H groups in total. The molecular formula is C24H28N2O3. The van der Waals surface area contributed by atoms with Crippen LogP contribution in [0.25, 0.3) is 11.1 Å². The van der Waals surface area contributed by atoms with Gasteiger partial charge in [0.15, 0.2) is 18.1 Å². The van der Waals surface area contributed by atoms with Crippen molar-refractivity contribution >= 4 is 17.0 Å². The van der Waals surface area contributed by atoms with E-state index in [4.69, 9.17) is 9.15 Å². The minimum Gasteiger partial charge on any atom is -0.484 e. The summed E-state index contributed by atoms with van der Waals surface area (Å²) < 4.78 is 11.6. The Balaban J connectivity index is 1.28. The summed E-state index contributed by atoms with van der Waals surface area (Å²) in [6, 6.07) is 15.8. The Morgan fingerprint density at radius 3 is 2.45 bits per heavy atom. The summed E-state index contributed by atoms with van der Waals surface area (Å²) in [5, 5.41) is 0. The summed E-state index contributed by atoms with van der Waals surface area (Å²) >= 11 is 0. The Kier molecular flexibility index (Phi) is 5.31. The van der Waals surface area contributed by atoms with Crippen molar-refractivity contribution in [1.29, 1.82) is 0 Å². The van der Waals surface area contributed by atoms with Crippen LogP contribution < -0.4 is 4.74 Å². The van der Waals surface area contributed by atoms with E-state index in [1.54, 1.807) is 0 Å². The largest absolute Gasteiger partial charge is 0.484 e. The molecule has 5 heteroatoms. The molecule has 2 aromatic carbocycles. The standard InChI is InChI=1S/C24H28N2O3/c1-24(2,3)18-8-10-19(11-9-18)28-16-22(27)26-14-12-17(13-15-26)23-25-20-6-4-5-7-21(20)29-23/h4-11,17H,12-16H2,1-3H3. The first-order chi connectivity index (χ1) is 13.9. The maximum absolute atomic E-state index is 12.5. The first-order valence-corrected chi connectivity index (χ1v) is 10.3. The maximum atomic E-state index is 12.5. The quantitative estimate of drug-likeness (QED) is 0.633. The van der Waals surface area contributed by atoms with E-state index in [1.165, 1.54) is 5.56 Å². The fourth-order valence-corrected chi connectivity index (χ4v) is 3.73. The fourth-order valence-electron chi connectivity index (χ4n) is 3.73. The average molecular weight is 392 g/mol. The lowest BCUT2D eigenvalue weighted by Crippen LogP contribution is -2.40. The second kappa shape index (κ2) is 7.90. The van der Waals surface area contributed by atoms with E-state index in [0.29, 0.717) is 13.1 Å². The van der Waals surface area contributed by atoms with Crippen LogP contribution in [0.4, 0.5) is 0 Å². The van der Waals surface area contributed by atoms with Gasteiger partial charge in [-0.2, -0.15) is 0 Å². The van der Waals surface area contributed by atoms with Gasteiger partial charge in [0, 0.05) is 19.0 Å². The number of aromatic nitrogens is 1. The number of nitrogens with zero attached hydrogens (tertiary/aromatic N) is 2. The molecule has 2 heterocycles. The van der Waals surface area contributed by atoms with Gasteiger partial charge >= 0.3 is 0 Å². The van der Waals surface area contributed by atoms with Gasteiger partial charge in [-0.05, 0) is 48.1 Å². The van der Waals surface area contributed by atoms with E-state index in [0.717, 1.165) is 35.6 Å². The van der Waals surface area contributed by atoms with Crippen LogP contribution in [0.2, 0.25) is 0 Å². The van der Waals surface area contributed by atoms with E-state index in [2.05, 4.69) is 37.9 Å². The summed E-state index contributed by atoms with van der Waals surface area (Å²) in [7, 11) is 0. The number of hydrogen-bond acceptors (Lipinski definition) is 4. The highest BCUT2D eigenvalue weighted by molar-refractivity contribution is 5.78. The van der Waals surface area contributed by atoms with Crippen molar-refractivity contribution in [3.8, 4) is 5.75 Å². The number of benzene rings is 2. The van der Waals surface area contributed by atoms with Crippen LogP contribution in [0.15, 0.2) is 52.9 Å². The molecule has 1 fully saturated rings. The second-order valence-electron chi connectivity index (χ2n) is 8.74. The zero-order valence-electron chi connectivity index (χ0n) is 17.4. The molecule has 1 saturated heterocycles. The van der Waals surface area contributed by atoms with Crippen molar-refractivity contribution in [2.45, 2.75) is 44.9 Å². The summed E-state index contributed by atoms with van der Waals surface area (Å²) in [5.74, 6) is 1.81. The van der Waals surface area contributed by atoms with Gasteiger partial charge in [0.1, 0.15) is 11.3 Å². The molecule has 1 amide bonds. The predicted octanol–water partition coefficient (Wildman–Crippen LogP) is 4.91. The number of amides is 1. The van der Waals surface area contributed by atoms with Crippen LogP contribution in [0.1, 0.15) is 51.0 Å². The summed E-state index contributed by atoms with van der Waals surface area (Å²) in [5.41, 5.74) is 3.07. The lowest BCUT2D eigenvalue weighted by molar-refractivity contribution is -0.134. The number of carbonyl (C=O) groups excluding carboxylic acids is 1. The first kappa shape index (κ1) is 19.5. The van der Waals surface area contributed by atoms with Crippen molar-refractivity contribution in [1.82, 2.24) is 9.88 Å². The minimum absolute atomic E-state index is 0.0286. The predicted molar refractivity (Wildman–Crippen MR) is 113 cm³/mol. The molecule has 0 bridgehead atoms. The Labute approximate surface area is 171 Å². The van der Waals surface area contributed by atoms with E-state index in [-0.39, 0.29) is 23.8 Å². The maximum Gasteiger partial charge on any atom is 0.260 e. The Bertz CT molecular complexity index is 944. The van der Waals surface area contributed by atoms with Gasteiger partial charge in [-0.25, -0.2) is 4.98 Å². The number of ether oxygens (including phenoxy) is 1. The molecule has 3 aromatic rings. The number of likely N-dealkylation sites (tertiary alicyclic amines) is 1. The monoisotopic (exact) mass is 392 g/mol. The van der Waals surface area contributed by atoms with Gasteiger partial charge in [0.25, 0.3) is 5.91 Å². The van der Waals surface area contributed by atoms with Crippen LogP contribution in [0.5, 0.6) is 5.75 Å². The van der Waals surface area contributed by atoms with Gasteiger partial charge in [0.05, 0.1) is 0 Å². The van der Waals surface area contributed by atoms with Gasteiger partial charge in [0.2, 0.25) is 0 Å². The second-order valence-corrected chi connectivity index (χ2v) is 8.74. The number of oxazole rings is 1. The molecule has 1 aliphatic heterocycles. The van der Waals surface area contributed by atoms with Crippen LogP contribution in [-0.2, 0) is 10.2 Å². The smallest absolute Gasteiger partial charge is 0.260 e. The molecule has 1 aliphatic rings. The molecule has 0 aliphatic carbocycles. The summed E-state index contributed by atoms with van der Waals surface area (Å²) in [4.78, 5) is 19.0. The summed E-state index contributed by atoms with van der Waals surface area (Å²) in [6.45, 7) is 8.01. The SMILES string of the molecule is CC(C)(C)c1ccc(OCC(=O)N2CCC(c3nc4ccccc4o3)CC2)cc1. The highest BCUT2D eigenvalue weighted by Gasteiger charge is 2.27. The highest BCUT2D eigenvalue weighted by Crippen LogP contribution is 2.30. The third-order valence-electron chi connectivity index (χ3n) is 5.59. The zero-order chi connectivity index (χ0) is 20.4. The van der Waals surface area contributed by atoms with E-state index in [9.17, 15) is 4.79 Å². The minimum atomic E-state index is 0.0286. The third kappa shape index (κ3) is 4.44. The molecule has 0 unspecified atom stereocenters. The van der Waals surface area contributed by atoms with E-state index < -0.39 is 0 Å². The topological polar surface area (TPSA) is 55.6 Å². The molecule has 29 heavy (non-hydrogen) atoms. The molecule has 0 saturated carbocycles. The molecule has 4 rings (SSSR count). The van der Waals surface area contributed by atoms with Gasteiger partial charge in [-0.3, -0.25) is 4.79 Å². The normalized spacial score (nSPS) is 15.6. The highest BCUT2D eigenvalue weighted by atomic mass is 16.5. The van der Waals surface area contributed by atoms with Crippen LogP contribution in [-0.4, -0.2) is 35.5 Å². The number of rotatable bonds is 4. The number of carbonyl (C=O) groups is 1. The summed E-state index contributed by atoms with van der Waals surface area (Å²) in [6.07, 6.45) is 1.72. The average Bonchev–Trinajstić information content (AvgIpc) is 3.16. The molecule has 5 nitrogen and oxygen atoms in total. The number of piperidine rings is 1. The van der Waals surface area contributed by atoms with Crippen LogP contribution in [0.3, 0.4) is 0 Å². The first-order valence-electron chi connectivity index (χ1n) is 10.3. The Morgan fingerprint density at radius 1 is 1.10 bits per heavy atom. The molecule has 0 atom stereocenters. The van der Waals surface area contributed by atoms with Crippen molar-refractivity contribution in [3.05, 3.63) is 60.0 Å². The molecule has 1 aromatic heterocycles. The zero-order valence-corrected chi connectivity index (χ0v) is 17.4. The van der Waals surface area contributed by atoms with Gasteiger partial charge in [-0.1, -0.05) is 45.0 Å². The lowest BCUT2D eigenvalue weighted by atomic mass is 9.87. The third-order valence-corrected chi connectivity index (χ3v) is 5.59. The van der Waals surface area contributed by atoms with E-state index >= 15 is 0 Å². The van der Waals surface area contributed by atoms with Crippen LogP contribution >= 0.6 is 0 Å². The molecule has 0 spiro atoms. The lowest BCUT2D eigenvalue weighted by Gasteiger charge is -2.30. The molecule has 0 radical (unpaired) electrons. The Hall–Kier alpha value is -2.82. The number of hydrogen-bond donors (Lipinski definition) is 0. The fraction of sp³-hybridized carbons (Fsp3) is 0.417. The van der Waals surface area contributed by atoms with Gasteiger partial charge in [-0.15, -0.1) is 0 Å². The van der Waals surface area contributed by atoms with Crippen molar-refractivity contribution in [3.63, 3.8) is 0 Å². The van der Waals surface area contributed by atoms with Crippen LogP contribution in [0, 0.1) is 0 Å². The van der Waals surface area contributed by atoms with Crippen molar-refractivity contribution < 1.29 is 13.9 Å². The molecular weight excluding hydrogens is 364 g/mol. The van der Waals surface area contributed by atoms with Gasteiger partial charge < -0.3 is 14.1 Å². The van der Waals surface area contributed by atoms with Crippen molar-refractivity contribution in [2.75, 3.05) is 19.7 Å². The number of para-hydroxylation sites is 2.